The van der Waals surface area contributed by atoms with Crippen molar-refractivity contribution in [3.8, 4) is 5.69 Å². The molecule has 0 aliphatic carbocycles. The highest BCUT2D eigenvalue weighted by Gasteiger charge is 2.30. The molecule has 156 valence electrons. The highest BCUT2D eigenvalue weighted by molar-refractivity contribution is 5.98. The molecule has 1 aliphatic rings. The number of hydrogen-bond acceptors (Lipinski definition) is 7. The van der Waals surface area contributed by atoms with E-state index in [1.165, 1.54) is 4.80 Å². The van der Waals surface area contributed by atoms with Crippen LogP contribution in [-0.4, -0.2) is 61.5 Å². The predicted octanol–water partition coefficient (Wildman–Crippen LogP) is 2.35. The van der Waals surface area contributed by atoms with Crippen molar-refractivity contribution < 1.29 is 9.63 Å². The summed E-state index contributed by atoms with van der Waals surface area (Å²) in [6, 6.07) is 9.23. The normalized spacial score (nSPS) is 17.1. The molecule has 0 bridgehead atoms. The maximum atomic E-state index is 13.5. The van der Waals surface area contributed by atoms with E-state index in [4.69, 9.17) is 4.84 Å². The highest BCUT2D eigenvalue weighted by atomic mass is 16.7. The Balaban J connectivity index is 1.60. The Hall–Kier alpha value is -3.33. The Labute approximate surface area is 175 Å². The molecule has 1 amide bonds. The lowest BCUT2D eigenvalue weighted by Gasteiger charge is -2.28. The van der Waals surface area contributed by atoms with Gasteiger partial charge in [-0.3, -0.25) is 9.63 Å². The van der Waals surface area contributed by atoms with Gasteiger partial charge in [-0.1, -0.05) is 19.1 Å². The molecule has 1 fully saturated rings. The zero-order chi connectivity index (χ0) is 21.1. The molecule has 4 rings (SSSR count). The molecule has 1 aliphatic heterocycles. The van der Waals surface area contributed by atoms with E-state index in [9.17, 15) is 4.79 Å². The average Bonchev–Trinajstić information content (AvgIpc) is 3.19. The van der Waals surface area contributed by atoms with Gasteiger partial charge in [0.05, 0.1) is 42.8 Å². The lowest BCUT2D eigenvalue weighted by molar-refractivity contribution is 0.0557. The van der Waals surface area contributed by atoms with E-state index >= 15 is 0 Å². The predicted molar refractivity (Wildman–Crippen MR) is 111 cm³/mol. The molecule has 9 heteroatoms. The van der Waals surface area contributed by atoms with Crippen LogP contribution in [0.1, 0.15) is 35.2 Å². The van der Waals surface area contributed by atoms with Gasteiger partial charge < -0.3 is 4.90 Å². The van der Waals surface area contributed by atoms with Gasteiger partial charge in [0.1, 0.15) is 5.82 Å². The number of amides is 1. The molecule has 3 heterocycles. The van der Waals surface area contributed by atoms with E-state index in [0.717, 1.165) is 12.1 Å². The smallest absolute Gasteiger partial charge is 0.256 e. The Bertz CT molecular complexity index is 1000. The van der Waals surface area contributed by atoms with Gasteiger partial charge in [-0.05, 0) is 32.4 Å². The lowest BCUT2D eigenvalue weighted by Crippen LogP contribution is -2.43. The summed E-state index contributed by atoms with van der Waals surface area (Å²) in [4.78, 5) is 31.8. The van der Waals surface area contributed by atoms with Crippen LogP contribution in [0.3, 0.4) is 0 Å². The fourth-order valence-corrected chi connectivity index (χ4v) is 3.65. The minimum atomic E-state index is -0.0600. The summed E-state index contributed by atoms with van der Waals surface area (Å²) in [5, 5.41) is 10.1. The minimum Gasteiger partial charge on any atom is -0.331 e. The average molecular weight is 407 g/mol. The van der Waals surface area contributed by atoms with Gasteiger partial charge in [0.2, 0.25) is 0 Å². The third-order valence-electron chi connectivity index (χ3n) is 5.12. The first-order valence-electron chi connectivity index (χ1n) is 10.1. The SMILES string of the molecule is CC[C@@H]1CON(c2cc(C)nc(C)n2)CCN1C(=O)c1ccccc1-n1nccn1. The number of hydroxylamine groups is 1. The fraction of sp³-hybridized carbons (Fsp3) is 0.381. The summed E-state index contributed by atoms with van der Waals surface area (Å²) in [6.07, 6.45) is 3.97. The molecule has 30 heavy (non-hydrogen) atoms. The quantitative estimate of drug-likeness (QED) is 0.656. The number of hydrogen-bond donors (Lipinski definition) is 0. The van der Waals surface area contributed by atoms with Crippen LogP contribution >= 0.6 is 0 Å². The third kappa shape index (κ3) is 4.02. The third-order valence-corrected chi connectivity index (χ3v) is 5.12. The first-order valence-corrected chi connectivity index (χ1v) is 10.1. The Morgan fingerprint density at radius 2 is 1.90 bits per heavy atom. The maximum Gasteiger partial charge on any atom is 0.256 e. The van der Waals surface area contributed by atoms with Gasteiger partial charge >= 0.3 is 0 Å². The van der Waals surface area contributed by atoms with Crippen LogP contribution in [0.2, 0.25) is 0 Å². The Kier molecular flexibility index (Phi) is 5.71. The molecule has 0 N–H and O–H groups in total. The summed E-state index contributed by atoms with van der Waals surface area (Å²) in [5.41, 5.74) is 2.10. The number of aryl methyl sites for hydroxylation is 2. The minimum absolute atomic E-state index is 0.0508. The van der Waals surface area contributed by atoms with Crippen molar-refractivity contribution in [2.45, 2.75) is 33.2 Å². The highest BCUT2D eigenvalue weighted by Crippen LogP contribution is 2.22. The lowest BCUT2D eigenvalue weighted by atomic mass is 10.1. The molecule has 3 aromatic rings. The van der Waals surface area contributed by atoms with E-state index < -0.39 is 0 Å². The number of nitrogens with zero attached hydrogens (tertiary/aromatic N) is 7. The Morgan fingerprint density at radius 3 is 2.63 bits per heavy atom. The van der Waals surface area contributed by atoms with Gasteiger partial charge in [-0.2, -0.15) is 15.0 Å². The molecule has 0 saturated carbocycles. The molecular weight excluding hydrogens is 382 g/mol. The van der Waals surface area contributed by atoms with E-state index in [2.05, 4.69) is 27.1 Å². The van der Waals surface area contributed by atoms with Gasteiger partial charge in [0.15, 0.2) is 5.82 Å². The summed E-state index contributed by atoms with van der Waals surface area (Å²) < 4.78 is 0. The van der Waals surface area contributed by atoms with Crippen LogP contribution < -0.4 is 5.06 Å². The number of anilines is 1. The molecule has 0 radical (unpaired) electrons. The summed E-state index contributed by atoms with van der Waals surface area (Å²) in [7, 11) is 0. The monoisotopic (exact) mass is 407 g/mol. The Morgan fingerprint density at radius 1 is 1.13 bits per heavy atom. The number of carbonyl (C=O) groups is 1. The molecule has 1 atom stereocenters. The molecule has 1 aromatic carbocycles. The second kappa shape index (κ2) is 8.58. The van der Waals surface area contributed by atoms with Gasteiger partial charge in [0, 0.05) is 18.3 Å². The molecule has 2 aromatic heterocycles. The van der Waals surface area contributed by atoms with Crippen LogP contribution in [-0.2, 0) is 4.84 Å². The van der Waals surface area contributed by atoms with Crippen LogP contribution in [0, 0.1) is 13.8 Å². The number of benzene rings is 1. The molecule has 9 nitrogen and oxygen atoms in total. The van der Waals surface area contributed by atoms with Crippen LogP contribution in [0.5, 0.6) is 0 Å². The second-order valence-electron chi connectivity index (χ2n) is 7.21. The topological polar surface area (TPSA) is 89.3 Å². The van der Waals surface area contributed by atoms with Crippen molar-refractivity contribution in [2.24, 2.45) is 0 Å². The largest absolute Gasteiger partial charge is 0.331 e. The van der Waals surface area contributed by atoms with E-state index in [0.29, 0.717) is 42.6 Å². The van der Waals surface area contributed by atoms with Crippen LogP contribution in [0.4, 0.5) is 5.82 Å². The maximum absolute atomic E-state index is 13.5. The van der Waals surface area contributed by atoms with Gasteiger partial charge in [-0.25, -0.2) is 15.0 Å². The zero-order valence-corrected chi connectivity index (χ0v) is 17.4. The van der Waals surface area contributed by atoms with Crippen molar-refractivity contribution >= 4 is 11.7 Å². The molecular formula is C21H25N7O2. The van der Waals surface area contributed by atoms with Crippen molar-refractivity contribution in [1.29, 1.82) is 0 Å². The summed E-state index contributed by atoms with van der Waals surface area (Å²) in [6.45, 7) is 7.28. The van der Waals surface area contributed by atoms with Gasteiger partial charge in [0.25, 0.3) is 5.91 Å². The van der Waals surface area contributed by atoms with E-state index in [1.807, 2.05) is 49.1 Å². The van der Waals surface area contributed by atoms with Gasteiger partial charge in [-0.15, -0.1) is 0 Å². The van der Waals surface area contributed by atoms with Crippen molar-refractivity contribution in [3.63, 3.8) is 0 Å². The summed E-state index contributed by atoms with van der Waals surface area (Å²) >= 11 is 0. The molecule has 0 unspecified atom stereocenters. The molecule has 1 saturated heterocycles. The van der Waals surface area contributed by atoms with Crippen LogP contribution in [0.15, 0.2) is 42.7 Å². The first kappa shape index (κ1) is 20.0. The van der Waals surface area contributed by atoms with E-state index in [-0.39, 0.29) is 11.9 Å². The summed E-state index contributed by atoms with van der Waals surface area (Å²) in [5.74, 6) is 1.35. The number of rotatable bonds is 4. The number of aromatic nitrogens is 5. The number of carbonyl (C=O) groups excluding carboxylic acids is 1. The zero-order valence-electron chi connectivity index (χ0n) is 17.4. The first-order chi connectivity index (χ1) is 14.6. The van der Waals surface area contributed by atoms with Crippen molar-refractivity contribution in [1.82, 2.24) is 29.9 Å². The van der Waals surface area contributed by atoms with Crippen LogP contribution in [0.25, 0.3) is 5.69 Å². The van der Waals surface area contributed by atoms with E-state index in [1.54, 1.807) is 17.5 Å². The second-order valence-corrected chi connectivity index (χ2v) is 7.21. The number of para-hydroxylation sites is 1. The fourth-order valence-electron chi connectivity index (χ4n) is 3.65. The van der Waals surface area contributed by atoms with Crippen molar-refractivity contribution in [2.75, 3.05) is 24.8 Å². The van der Waals surface area contributed by atoms with Crippen molar-refractivity contribution in [3.05, 3.63) is 59.8 Å². The molecule has 0 spiro atoms. The standard InChI is InChI=1S/C21H25N7O2/c1-4-17-14-30-27(20-13-15(2)24-16(3)25-20)12-11-26(17)21(29)18-7-5-6-8-19(18)28-22-9-10-23-28/h5-10,13,17H,4,11-12,14H2,1-3H3/t17-/m1/s1.